The Balaban J connectivity index is 2.73. The lowest BCUT2D eigenvalue weighted by Gasteiger charge is -2.05. The third-order valence-electron chi connectivity index (χ3n) is 1.87. The van der Waals surface area contributed by atoms with Crippen molar-refractivity contribution in [2.75, 3.05) is 7.11 Å². The number of aryl methyl sites for hydroxylation is 1. The highest BCUT2D eigenvalue weighted by atomic mass is 79.9. The number of aliphatic carboxylic acids is 1. The fraction of sp³-hybridized carbons (Fsp3) is 0.300. The minimum absolute atomic E-state index is 0.144. The summed E-state index contributed by atoms with van der Waals surface area (Å²) in [6.45, 7) is 0. The predicted molar refractivity (Wildman–Crippen MR) is 56.7 cm³/mol. The molecule has 1 rings (SSSR count). The summed E-state index contributed by atoms with van der Waals surface area (Å²) >= 11 is 3.37. The zero-order chi connectivity index (χ0) is 10.6. The van der Waals surface area contributed by atoms with Crippen molar-refractivity contribution in [3.63, 3.8) is 0 Å². The van der Waals surface area contributed by atoms with Crippen molar-refractivity contribution in [2.24, 2.45) is 0 Å². The lowest BCUT2D eigenvalue weighted by atomic mass is 10.1. The lowest BCUT2D eigenvalue weighted by molar-refractivity contribution is -0.136. The second-order valence-electron chi connectivity index (χ2n) is 2.85. The first-order valence-electron chi connectivity index (χ1n) is 4.17. The van der Waals surface area contributed by atoms with Crippen molar-refractivity contribution in [3.8, 4) is 5.75 Å². The van der Waals surface area contributed by atoms with Gasteiger partial charge in [0.05, 0.1) is 7.11 Å². The van der Waals surface area contributed by atoms with E-state index in [1.165, 1.54) is 0 Å². The Morgan fingerprint density at radius 1 is 1.57 bits per heavy atom. The Labute approximate surface area is 90.8 Å². The second kappa shape index (κ2) is 5.00. The lowest BCUT2D eigenvalue weighted by Crippen LogP contribution is -1.98. The molecule has 4 heteroatoms. The number of rotatable bonds is 4. The van der Waals surface area contributed by atoms with Crippen LogP contribution in [-0.4, -0.2) is 18.2 Å². The number of hydrogen-bond donors (Lipinski definition) is 1. The van der Waals surface area contributed by atoms with Gasteiger partial charge < -0.3 is 9.84 Å². The normalized spacial score (nSPS) is 9.86. The Kier molecular flexibility index (Phi) is 3.95. The third kappa shape index (κ3) is 3.03. The van der Waals surface area contributed by atoms with Crippen LogP contribution in [0.1, 0.15) is 12.0 Å². The van der Waals surface area contributed by atoms with Gasteiger partial charge in [-0.15, -0.1) is 0 Å². The predicted octanol–water partition coefficient (Wildman–Crippen LogP) is 2.47. The van der Waals surface area contributed by atoms with Crippen molar-refractivity contribution in [3.05, 3.63) is 28.2 Å². The zero-order valence-electron chi connectivity index (χ0n) is 7.79. The van der Waals surface area contributed by atoms with Crippen molar-refractivity contribution < 1.29 is 14.6 Å². The van der Waals surface area contributed by atoms with Crippen LogP contribution in [0.25, 0.3) is 0 Å². The molecule has 3 nitrogen and oxygen atoms in total. The summed E-state index contributed by atoms with van der Waals surface area (Å²) in [6.07, 6.45) is 0.671. The molecule has 0 aliphatic rings. The molecular formula is C10H11BrO3. The summed E-state index contributed by atoms with van der Waals surface area (Å²) < 4.78 is 5.92. The zero-order valence-corrected chi connectivity index (χ0v) is 9.37. The molecule has 0 radical (unpaired) electrons. The summed E-state index contributed by atoms with van der Waals surface area (Å²) in [5.41, 5.74) is 0.980. The molecule has 0 unspecified atom stereocenters. The molecule has 1 aromatic rings. The minimum Gasteiger partial charge on any atom is -0.497 e. The number of carboxylic acids is 1. The van der Waals surface area contributed by atoms with E-state index < -0.39 is 5.97 Å². The molecule has 0 aliphatic carbocycles. The largest absolute Gasteiger partial charge is 0.497 e. The molecule has 0 saturated heterocycles. The second-order valence-corrected chi connectivity index (χ2v) is 3.71. The highest BCUT2D eigenvalue weighted by molar-refractivity contribution is 9.10. The van der Waals surface area contributed by atoms with Gasteiger partial charge in [0.2, 0.25) is 0 Å². The van der Waals surface area contributed by atoms with Gasteiger partial charge in [-0.2, -0.15) is 0 Å². The maximum Gasteiger partial charge on any atom is 0.303 e. The topological polar surface area (TPSA) is 46.5 Å². The minimum atomic E-state index is -0.785. The molecule has 76 valence electrons. The van der Waals surface area contributed by atoms with Crippen LogP contribution >= 0.6 is 15.9 Å². The fourth-order valence-electron chi connectivity index (χ4n) is 1.10. The van der Waals surface area contributed by atoms with Crippen LogP contribution in [0.15, 0.2) is 22.7 Å². The average Bonchev–Trinajstić information content (AvgIpc) is 2.15. The van der Waals surface area contributed by atoms with Crippen molar-refractivity contribution in [2.45, 2.75) is 12.8 Å². The van der Waals surface area contributed by atoms with E-state index in [-0.39, 0.29) is 6.42 Å². The van der Waals surface area contributed by atoms with Crippen LogP contribution in [-0.2, 0) is 11.2 Å². The first-order chi connectivity index (χ1) is 6.63. The van der Waals surface area contributed by atoms with Gasteiger partial charge in [-0.05, 0) is 24.1 Å². The highest BCUT2D eigenvalue weighted by Gasteiger charge is 2.04. The summed E-state index contributed by atoms with van der Waals surface area (Å²) in [4.78, 5) is 10.4. The molecule has 0 bridgehead atoms. The Morgan fingerprint density at radius 3 is 2.79 bits per heavy atom. The van der Waals surface area contributed by atoms with E-state index in [0.717, 1.165) is 15.8 Å². The molecule has 0 aromatic heterocycles. The van der Waals surface area contributed by atoms with Crippen LogP contribution in [0.3, 0.4) is 0 Å². The Hall–Kier alpha value is -1.03. The molecule has 1 N–H and O–H groups in total. The van der Waals surface area contributed by atoms with Gasteiger partial charge in [0, 0.05) is 10.9 Å². The maximum atomic E-state index is 10.4. The molecule has 0 aliphatic heterocycles. The Morgan fingerprint density at radius 2 is 2.29 bits per heavy atom. The molecular weight excluding hydrogens is 248 g/mol. The third-order valence-corrected chi connectivity index (χ3v) is 2.61. The molecule has 0 spiro atoms. The van der Waals surface area contributed by atoms with Crippen molar-refractivity contribution >= 4 is 21.9 Å². The summed E-state index contributed by atoms with van der Waals surface area (Å²) in [5.74, 6) is -0.0244. The van der Waals surface area contributed by atoms with Gasteiger partial charge in [0.1, 0.15) is 5.75 Å². The molecule has 0 saturated carbocycles. The quantitative estimate of drug-likeness (QED) is 0.903. The summed E-state index contributed by atoms with van der Waals surface area (Å²) in [6, 6.07) is 5.52. The number of methoxy groups -OCH3 is 1. The highest BCUT2D eigenvalue weighted by Crippen LogP contribution is 2.23. The van der Waals surface area contributed by atoms with Crippen molar-refractivity contribution in [1.82, 2.24) is 0 Å². The van der Waals surface area contributed by atoms with Crippen molar-refractivity contribution in [1.29, 1.82) is 0 Å². The van der Waals surface area contributed by atoms with Gasteiger partial charge in [-0.1, -0.05) is 22.0 Å². The molecule has 0 amide bonds. The van der Waals surface area contributed by atoms with E-state index in [2.05, 4.69) is 15.9 Å². The van der Waals surface area contributed by atoms with Crippen LogP contribution in [0, 0.1) is 0 Å². The van der Waals surface area contributed by atoms with E-state index in [1.54, 1.807) is 7.11 Å². The fourth-order valence-corrected chi connectivity index (χ4v) is 1.66. The van der Waals surface area contributed by atoms with E-state index in [0.29, 0.717) is 6.42 Å². The van der Waals surface area contributed by atoms with Crippen LogP contribution < -0.4 is 4.74 Å². The summed E-state index contributed by atoms with van der Waals surface area (Å²) in [5, 5.41) is 8.53. The Bertz CT molecular complexity index is 336. The number of carboxylic acid groups (broad SMARTS) is 1. The van der Waals surface area contributed by atoms with Gasteiger partial charge in [0.15, 0.2) is 0 Å². The van der Waals surface area contributed by atoms with Crippen LogP contribution in [0.5, 0.6) is 5.75 Å². The van der Waals surface area contributed by atoms with E-state index in [4.69, 9.17) is 9.84 Å². The maximum absolute atomic E-state index is 10.4. The average molecular weight is 259 g/mol. The molecule has 0 fully saturated rings. The van der Waals surface area contributed by atoms with Gasteiger partial charge >= 0.3 is 5.97 Å². The molecule has 14 heavy (non-hydrogen) atoms. The van der Waals surface area contributed by atoms with Gasteiger partial charge in [0.25, 0.3) is 0 Å². The number of ether oxygens (including phenoxy) is 1. The summed E-state index contributed by atoms with van der Waals surface area (Å²) in [7, 11) is 1.60. The van der Waals surface area contributed by atoms with Crippen LogP contribution in [0.2, 0.25) is 0 Å². The molecule has 1 aromatic carbocycles. The molecule has 0 heterocycles. The van der Waals surface area contributed by atoms with E-state index in [1.807, 2.05) is 18.2 Å². The SMILES string of the molecule is COc1ccc(CCC(=O)O)c(Br)c1. The number of carbonyl (C=O) groups is 1. The number of hydrogen-bond acceptors (Lipinski definition) is 2. The van der Waals surface area contributed by atoms with Gasteiger partial charge in [-0.3, -0.25) is 4.79 Å². The number of benzene rings is 1. The first kappa shape index (κ1) is 11.0. The monoisotopic (exact) mass is 258 g/mol. The molecule has 0 atom stereocenters. The smallest absolute Gasteiger partial charge is 0.303 e. The van der Waals surface area contributed by atoms with E-state index >= 15 is 0 Å². The first-order valence-corrected chi connectivity index (χ1v) is 4.97. The van der Waals surface area contributed by atoms with Crippen LogP contribution in [0.4, 0.5) is 0 Å². The standard InChI is InChI=1S/C10H11BrO3/c1-14-8-4-2-7(9(11)6-8)3-5-10(12)13/h2,4,6H,3,5H2,1H3,(H,12,13). The van der Waals surface area contributed by atoms with E-state index in [9.17, 15) is 4.79 Å². The number of halogens is 1. The van der Waals surface area contributed by atoms with Gasteiger partial charge in [-0.25, -0.2) is 0 Å².